The van der Waals surface area contributed by atoms with Crippen molar-refractivity contribution < 1.29 is 31.8 Å². The molecule has 0 spiro atoms. The monoisotopic (exact) mass is 352 g/mol. The average molecular weight is 352 g/mol. The van der Waals surface area contributed by atoms with E-state index in [4.69, 9.17) is 0 Å². The number of halogens is 5. The summed E-state index contributed by atoms with van der Waals surface area (Å²) in [4.78, 5) is 3.72. The van der Waals surface area contributed by atoms with E-state index in [1.165, 1.54) is 15.3 Å². The molecular formula is C13H13F5N4O2. The number of alkyl halides is 5. The third-order valence-electron chi connectivity index (χ3n) is 3.89. The third-order valence-corrected chi connectivity index (χ3v) is 3.89. The van der Waals surface area contributed by atoms with Crippen LogP contribution in [0, 0.1) is 0 Å². The molecule has 24 heavy (non-hydrogen) atoms. The first-order valence-corrected chi connectivity index (χ1v) is 6.92. The minimum absolute atomic E-state index is 0.117. The minimum atomic E-state index is -4.92. The Balaban J connectivity index is 2.10. The van der Waals surface area contributed by atoms with E-state index in [1.807, 2.05) is 0 Å². The molecule has 0 bridgehead atoms. The first kappa shape index (κ1) is 16.7. The highest BCUT2D eigenvalue weighted by atomic mass is 19.4. The van der Waals surface area contributed by atoms with Gasteiger partial charge in [-0.05, 0) is 13.8 Å². The Morgan fingerprint density at radius 3 is 2.58 bits per heavy atom. The molecule has 0 aliphatic carbocycles. The lowest BCUT2D eigenvalue weighted by atomic mass is 10.0. The van der Waals surface area contributed by atoms with Gasteiger partial charge in [0.05, 0.1) is 30.2 Å². The fourth-order valence-corrected chi connectivity index (χ4v) is 2.70. The molecule has 11 heteroatoms. The predicted octanol–water partition coefficient (Wildman–Crippen LogP) is 2.69. The molecule has 0 saturated carbocycles. The zero-order valence-corrected chi connectivity index (χ0v) is 12.6. The Morgan fingerprint density at radius 1 is 1.33 bits per heavy atom. The Morgan fingerprint density at radius 2 is 2.00 bits per heavy atom. The van der Waals surface area contributed by atoms with E-state index in [0.29, 0.717) is 6.92 Å². The van der Waals surface area contributed by atoms with E-state index < -0.39 is 30.3 Å². The van der Waals surface area contributed by atoms with Crippen LogP contribution in [0.15, 0.2) is 12.3 Å². The summed E-state index contributed by atoms with van der Waals surface area (Å²) >= 11 is 0. The number of rotatable bonds is 3. The van der Waals surface area contributed by atoms with Gasteiger partial charge >= 0.3 is 12.8 Å². The maximum absolute atomic E-state index is 13.1. The van der Waals surface area contributed by atoms with Gasteiger partial charge in [0.2, 0.25) is 11.5 Å². The molecule has 0 aromatic carbocycles. The van der Waals surface area contributed by atoms with E-state index >= 15 is 0 Å². The fourth-order valence-electron chi connectivity index (χ4n) is 2.70. The van der Waals surface area contributed by atoms with Gasteiger partial charge in [-0.25, -0.2) is 4.98 Å². The van der Waals surface area contributed by atoms with Gasteiger partial charge in [-0.2, -0.15) is 22.0 Å². The number of ether oxygens (including phenoxy) is 1. The fraction of sp³-hybridized carbons (Fsp3) is 0.538. The van der Waals surface area contributed by atoms with Crippen molar-refractivity contribution in [1.82, 2.24) is 19.3 Å². The van der Waals surface area contributed by atoms with Gasteiger partial charge in [-0.1, -0.05) is 0 Å². The van der Waals surface area contributed by atoms with E-state index in [9.17, 15) is 27.1 Å². The number of nitrogens with zero attached hydrogens (tertiary/aromatic N) is 4. The van der Waals surface area contributed by atoms with Gasteiger partial charge < -0.3 is 14.4 Å². The molecule has 0 amide bonds. The first-order chi connectivity index (χ1) is 11.0. The van der Waals surface area contributed by atoms with Crippen LogP contribution in [0.5, 0.6) is 5.88 Å². The second-order valence-corrected chi connectivity index (χ2v) is 5.68. The molecule has 0 unspecified atom stereocenters. The summed E-state index contributed by atoms with van der Waals surface area (Å²) in [5.74, 6) is -0.910. The molecule has 0 saturated heterocycles. The summed E-state index contributed by atoms with van der Waals surface area (Å²) < 4.78 is 70.7. The predicted molar refractivity (Wildman–Crippen MR) is 70.4 cm³/mol. The van der Waals surface area contributed by atoms with E-state index in [1.54, 1.807) is 6.92 Å². The van der Waals surface area contributed by atoms with Crippen LogP contribution >= 0.6 is 0 Å². The zero-order valence-electron chi connectivity index (χ0n) is 12.6. The van der Waals surface area contributed by atoms with Crippen molar-refractivity contribution in [3.63, 3.8) is 0 Å². The van der Waals surface area contributed by atoms with Crippen molar-refractivity contribution in [3.05, 3.63) is 18.1 Å². The number of aromatic nitrogens is 4. The second kappa shape index (κ2) is 5.16. The number of imidazole rings is 1. The lowest BCUT2D eigenvalue weighted by Gasteiger charge is -2.31. The van der Waals surface area contributed by atoms with Gasteiger partial charge in [0, 0.05) is 6.07 Å². The Labute approximate surface area is 132 Å². The van der Waals surface area contributed by atoms with E-state index in [2.05, 4.69) is 14.8 Å². The van der Waals surface area contributed by atoms with Crippen LogP contribution in [-0.2, 0) is 12.1 Å². The molecule has 1 aliphatic heterocycles. The molecule has 2 aromatic heterocycles. The van der Waals surface area contributed by atoms with Crippen molar-refractivity contribution in [1.29, 1.82) is 0 Å². The van der Waals surface area contributed by atoms with Crippen LogP contribution in [-0.4, -0.2) is 37.2 Å². The topological polar surface area (TPSA) is 65.1 Å². The molecule has 1 aliphatic rings. The highest BCUT2D eigenvalue weighted by Gasteiger charge is 2.55. The lowest BCUT2D eigenvalue weighted by Crippen LogP contribution is -2.42. The summed E-state index contributed by atoms with van der Waals surface area (Å²) in [6.45, 7) is -0.719. The van der Waals surface area contributed by atoms with Crippen LogP contribution in [0.25, 0.3) is 11.4 Å². The molecule has 1 N–H and O–H groups in total. The second-order valence-electron chi connectivity index (χ2n) is 5.68. The van der Waals surface area contributed by atoms with Gasteiger partial charge in [0.15, 0.2) is 5.82 Å². The largest absolute Gasteiger partial charge is 0.424 e. The molecule has 2 atom stereocenters. The lowest BCUT2D eigenvalue weighted by molar-refractivity contribution is -0.262. The van der Waals surface area contributed by atoms with Crippen LogP contribution in [0.2, 0.25) is 0 Å². The minimum Gasteiger partial charge on any atom is -0.415 e. The summed E-state index contributed by atoms with van der Waals surface area (Å²) in [5.41, 5.74) is -2.64. The standard InChI is InChI=1S/C13H13F5N4O2/c1-6-5-21-7(3-9(20-21)24-11(14)15)8-4-19-10(22(6)8)12(2,23)13(16,17)18/h3-4,6,11,23H,5H2,1-2H3/t6-,12+/m0/s1. The normalized spacial score (nSPS) is 19.8. The number of hydrogen-bond acceptors (Lipinski definition) is 4. The molecule has 3 heterocycles. The number of hydrogen-bond donors (Lipinski definition) is 1. The Hall–Kier alpha value is -2.17. The van der Waals surface area contributed by atoms with Crippen molar-refractivity contribution in [2.75, 3.05) is 0 Å². The van der Waals surface area contributed by atoms with Gasteiger partial charge in [0.25, 0.3) is 0 Å². The number of fused-ring (bicyclic) bond motifs is 3. The van der Waals surface area contributed by atoms with Crippen molar-refractivity contribution in [2.24, 2.45) is 0 Å². The summed E-state index contributed by atoms with van der Waals surface area (Å²) in [5, 5.41) is 13.8. The van der Waals surface area contributed by atoms with E-state index in [0.717, 1.165) is 6.20 Å². The summed E-state index contributed by atoms with van der Waals surface area (Å²) in [6.07, 6.45) is -3.78. The smallest absolute Gasteiger partial charge is 0.415 e. The van der Waals surface area contributed by atoms with Gasteiger partial charge in [0.1, 0.15) is 0 Å². The van der Waals surface area contributed by atoms with Gasteiger partial charge in [-0.3, -0.25) is 4.68 Å². The van der Waals surface area contributed by atoms with Crippen LogP contribution in [0.4, 0.5) is 22.0 Å². The maximum Gasteiger partial charge on any atom is 0.424 e. The van der Waals surface area contributed by atoms with Crippen LogP contribution in [0.1, 0.15) is 25.7 Å². The van der Waals surface area contributed by atoms with E-state index in [-0.39, 0.29) is 23.8 Å². The quantitative estimate of drug-likeness (QED) is 0.863. The average Bonchev–Trinajstić information content (AvgIpc) is 3.00. The van der Waals surface area contributed by atoms with Crippen molar-refractivity contribution in [2.45, 2.75) is 44.8 Å². The zero-order chi connectivity index (χ0) is 17.9. The highest BCUT2D eigenvalue weighted by molar-refractivity contribution is 5.58. The molecule has 0 radical (unpaired) electrons. The maximum atomic E-state index is 13.1. The molecular weight excluding hydrogens is 339 g/mol. The van der Waals surface area contributed by atoms with Gasteiger partial charge in [-0.15, -0.1) is 5.10 Å². The van der Waals surface area contributed by atoms with Crippen LogP contribution in [0.3, 0.4) is 0 Å². The Kier molecular flexibility index (Phi) is 3.59. The first-order valence-electron chi connectivity index (χ1n) is 6.92. The molecule has 3 rings (SSSR count). The van der Waals surface area contributed by atoms with Crippen molar-refractivity contribution in [3.8, 4) is 17.3 Å². The highest BCUT2D eigenvalue weighted by Crippen LogP contribution is 2.42. The van der Waals surface area contributed by atoms with Crippen LogP contribution < -0.4 is 4.74 Å². The third kappa shape index (κ3) is 2.43. The summed E-state index contributed by atoms with van der Waals surface area (Å²) in [6, 6.07) is 0.663. The number of aliphatic hydroxyl groups is 1. The molecule has 0 fully saturated rings. The SMILES string of the molecule is C[C@H]1Cn2nc(OC(F)F)cc2-c2cnc([C@@](C)(O)C(F)(F)F)n21. The molecule has 2 aromatic rings. The molecule has 6 nitrogen and oxygen atoms in total. The Bertz CT molecular complexity index is 765. The summed E-state index contributed by atoms with van der Waals surface area (Å²) in [7, 11) is 0. The van der Waals surface area contributed by atoms with Crippen molar-refractivity contribution >= 4 is 0 Å². The molecule has 132 valence electrons.